The highest BCUT2D eigenvalue weighted by Gasteiger charge is 2.19. The van der Waals surface area contributed by atoms with Gasteiger partial charge in [-0.05, 0) is 67.5 Å². The van der Waals surface area contributed by atoms with Crippen LogP contribution in [-0.4, -0.2) is 36.6 Å². The molecular weight excluding hydrogens is 459 g/mol. The fourth-order valence-electron chi connectivity index (χ4n) is 4.16. The van der Waals surface area contributed by atoms with Crippen LogP contribution >= 0.6 is 0 Å². The Kier molecular flexibility index (Phi) is 7.43. The molecule has 1 fully saturated rings. The second-order valence-corrected chi connectivity index (χ2v) is 10.5. The van der Waals surface area contributed by atoms with Crippen molar-refractivity contribution in [3.8, 4) is 11.3 Å². The van der Waals surface area contributed by atoms with Gasteiger partial charge in [0.1, 0.15) is 11.5 Å². The van der Waals surface area contributed by atoms with E-state index in [0.717, 1.165) is 42.7 Å². The molecule has 0 atom stereocenters. The van der Waals surface area contributed by atoms with Crippen molar-refractivity contribution in [3.63, 3.8) is 0 Å². The van der Waals surface area contributed by atoms with E-state index in [1.165, 1.54) is 18.6 Å². The lowest BCUT2D eigenvalue weighted by molar-refractivity contribution is 0.0902. The van der Waals surface area contributed by atoms with E-state index in [1.807, 2.05) is 33.8 Å². The molecule has 2 heterocycles. The summed E-state index contributed by atoms with van der Waals surface area (Å²) in [5.41, 5.74) is 3.58. The lowest BCUT2D eigenvalue weighted by Gasteiger charge is -2.29. The average Bonchev–Trinajstić information content (AvgIpc) is 3.33. The van der Waals surface area contributed by atoms with Crippen molar-refractivity contribution in [1.29, 1.82) is 0 Å². The van der Waals surface area contributed by atoms with Gasteiger partial charge in [-0.2, -0.15) is 0 Å². The fraction of sp³-hybridized carbons (Fsp3) is 0.393. The average molecular weight is 493 g/mol. The third-order valence-electron chi connectivity index (χ3n) is 6.15. The molecule has 190 valence electrons. The number of amides is 2. The minimum atomic E-state index is -0.437. The molecule has 8 heteroatoms. The Labute approximate surface area is 211 Å². The molecule has 0 bridgehead atoms. The number of rotatable bonds is 6. The van der Waals surface area contributed by atoms with Gasteiger partial charge >= 0.3 is 0 Å². The first kappa shape index (κ1) is 25.4. The summed E-state index contributed by atoms with van der Waals surface area (Å²) in [7, 11) is 0. The van der Waals surface area contributed by atoms with Crippen molar-refractivity contribution >= 4 is 23.2 Å². The van der Waals surface area contributed by atoms with Gasteiger partial charge in [-0.3, -0.25) is 9.59 Å². The first-order valence-corrected chi connectivity index (χ1v) is 12.3. The molecule has 2 N–H and O–H groups in total. The van der Waals surface area contributed by atoms with Crippen LogP contribution in [0.2, 0.25) is 0 Å². The summed E-state index contributed by atoms with van der Waals surface area (Å²) < 4.78 is 19.6. The number of anilines is 2. The van der Waals surface area contributed by atoms with Gasteiger partial charge in [0.15, 0.2) is 0 Å². The van der Waals surface area contributed by atoms with Crippen molar-refractivity contribution in [2.24, 2.45) is 5.41 Å². The summed E-state index contributed by atoms with van der Waals surface area (Å²) in [6, 6.07) is 11.4. The number of carbonyl (C=O) groups is 2. The number of carbonyl (C=O) groups excluding carboxylic acids is 2. The monoisotopic (exact) mass is 492 g/mol. The van der Waals surface area contributed by atoms with Crippen LogP contribution in [0, 0.1) is 18.2 Å². The predicted octanol–water partition coefficient (Wildman–Crippen LogP) is 5.81. The van der Waals surface area contributed by atoms with E-state index in [4.69, 9.17) is 4.52 Å². The van der Waals surface area contributed by atoms with Crippen LogP contribution in [-0.2, 0) is 0 Å². The highest BCUT2D eigenvalue weighted by molar-refractivity contribution is 6.05. The molecule has 2 aromatic carbocycles. The number of benzene rings is 2. The number of nitrogens with zero attached hydrogens (tertiary/aromatic N) is 2. The number of aromatic nitrogens is 1. The van der Waals surface area contributed by atoms with Gasteiger partial charge in [0.2, 0.25) is 5.76 Å². The fourth-order valence-corrected chi connectivity index (χ4v) is 4.16. The van der Waals surface area contributed by atoms with Crippen LogP contribution in [0.4, 0.5) is 15.8 Å². The van der Waals surface area contributed by atoms with Crippen molar-refractivity contribution in [3.05, 3.63) is 65.2 Å². The normalized spacial score (nSPS) is 14.0. The van der Waals surface area contributed by atoms with Crippen LogP contribution in [0.5, 0.6) is 0 Å². The third kappa shape index (κ3) is 6.30. The predicted molar refractivity (Wildman–Crippen MR) is 139 cm³/mol. The maximum Gasteiger partial charge on any atom is 0.289 e. The van der Waals surface area contributed by atoms with Crippen molar-refractivity contribution in [2.75, 3.05) is 29.9 Å². The highest BCUT2D eigenvalue weighted by Crippen LogP contribution is 2.28. The van der Waals surface area contributed by atoms with Crippen LogP contribution in [0.15, 0.2) is 47.0 Å². The molecule has 0 saturated carbocycles. The summed E-state index contributed by atoms with van der Waals surface area (Å²) in [6.07, 6.45) is 3.29. The van der Waals surface area contributed by atoms with Crippen molar-refractivity contribution in [2.45, 2.75) is 47.0 Å². The minimum Gasteiger partial charge on any atom is -0.371 e. The highest BCUT2D eigenvalue weighted by atomic mass is 19.1. The number of nitrogens with one attached hydrogen (secondary N) is 2. The number of hydrogen-bond acceptors (Lipinski definition) is 5. The molecule has 0 spiro atoms. The number of piperidine rings is 1. The van der Waals surface area contributed by atoms with Gasteiger partial charge < -0.3 is 20.1 Å². The van der Waals surface area contributed by atoms with Gasteiger partial charge in [0.05, 0.1) is 0 Å². The van der Waals surface area contributed by atoms with Crippen LogP contribution in [0.1, 0.15) is 66.5 Å². The van der Waals surface area contributed by atoms with Crippen molar-refractivity contribution < 1.29 is 18.5 Å². The van der Waals surface area contributed by atoms with Crippen LogP contribution in [0.25, 0.3) is 11.3 Å². The topological polar surface area (TPSA) is 87.5 Å². The molecule has 1 aliphatic heterocycles. The van der Waals surface area contributed by atoms with E-state index in [-0.39, 0.29) is 22.6 Å². The third-order valence-corrected chi connectivity index (χ3v) is 6.15. The van der Waals surface area contributed by atoms with Crippen LogP contribution < -0.4 is 15.5 Å². The smallest absolute Gasteiger partial charge is 0.289 e. The Morgan fingerprint density at radius 3 is 2.50 bits per heavy atom. The minimum absolute atomic E-state index is 0.0577. The molecule has 7 nitrogen and oxygen atoms in total. The van der Waals surface area contributed by atoms with Gasteiger partial charge in [0.25, 0.3) is 11.8 Å². The summed E-state index contributed by atoms with van der Waals surface area (Å²) in [5.74, 6) is -1.05. The van der Waals surface area contributed by atoms with Gasteiger partial charge in [-0.1, -0.05) is 32.0 Å². The molecule has 0 unspecified atom stereocenters. The molecule has 36 heavy (non-hydrogen) atoms. The second kappa shape index (κ2) is 10.5. The molecular formula is C28H33FN4O3. The Balaban J connectivity index is 1.50. The van der Waals surface area contributed by atoms with E-state index in [9.17, 15) is 14.0 Å². The summed E-state index contributed by atoms with van der Waals surface area (Å²) >= 11 is 0. The zero-order valence-corrected chi connectivity index (χ0v) is 21.3. The number of hydrogen-bond donors (Lipinski definition) is 2. The summed E-state index contributed by atoms with van der Waals surface area (Å²) in [5, 5.41) is 9.76. The molecule has 0 aliphatic carbocycles. The molecule has 1 aromatic heterocycles. The number of aryl methyl sites for hydroxylation is 1. The van der Waals surface area contributed by atoms with Crippen LogP contribution in [0.3, 0.4) is 0 Å². The summed E-state index contributed by atoms with van der Waals surface area (Å²) in [6.45, 7) is 10.2. The van der Waals surface area contributed by atoms with E-state index < -0.39 is 11.7 Å². The van der Waals surface area contributed by atoms with E-state index >= 15 is 0 Å². The lowest BCUT2D eigenvalue weighted by Crippen LogP contribution is -2.31. The molecule has 1 saturated heterocycles. The zero-order chi connectivity index (χ0) is 25.9. The maximum atomic E-state index is 14.3. The zero-order valence-electron chi connectivity index (χ0n) is 21.3. The van der Waals surface area contributed by atoms with Gasteiger partial charge in [0, 0.05) is 48.2 Å². The Morgan fingerprint density at radius 1 is 1.03 bits per heavy atom. The summed E-state index contributed by atoms with van der Waals surface area (Å²) in [4.78, 5) is 27.5. The SMILES string of the molecule is Cc1ccc(NC(=O)c2cc(F)cc(N3CCCCC3)c2)cc1-c1cc(C(=O)NCC(C)(C)C)on1. The van der Waals surface area contributed by atoms with Gasteiger partial charge in [-0.15, -0.1) is 0 Å². The van der Waals surface area contributed by atoms with E-state index in [1.54, 1.807) is 24.3 Å². The quantitative estimate of drug-likeness (QED) is 0.454. The first-order chi connectivity index (χ1) is 17.1. The standard InChI is InChI=1S/C28H33FN4O3/c1-18-8-9-21(15-23(18)24-16-25(36-32-24)27(35)30-17-28(2,3)4)31-26(34)19-12-20(29)14-22(13-19)33-10-6-5-7-11-33/h8-9,12-16H,5-7,10-11,17H2,1-4H3,(H,30,35)(H,31,34). The molecule has 3 aromatic rings. The van der Waals surface area contributed by atoms with Gasteiger partial charge in [-0.25, -0.2) is 4.39 Å². The first-order valence-electron chi connectivity index (χ1n) is 12.3. The lowest BCUT2D eigenvalue weighted by atomic mass is 9.97. The van der Waals surface area contributed by atoms with Crippen molar-refractivity contribution in [1.82, 2.24) is 10.5 Å². The molecule has 2 amide bonds. The molecule has 1 aliphatic rings. The Morgan fingerprint density at radius 2 is 1.78 bits per heavy atom. The maximum absolute atomic E-state index is 14.3. The molecule has 0 radical (unpaired) electrons. The number of halogens is 1. The largest absolute Gasteiger partial charge is 0.371 e. The van der Waals surface area contributed by atoms with E-state index in [0.29, 0.717) is 17.9 Å². The van der Waals surface area contributed by atoms with E-state index in [2.05, 4.69) is 20.7 Å². The molecule has 4 rings (SSSR count). The Bertz CT molecular complexity index is 1260. The second-order valence-electron chi connectivity index (χ2n) is 10.5. The Hall–Kier alpha value is -3.68.